The summed E-state index contributed by atoms with van der Waals surface area (Å²) in [7, 11) is 0.932. The number of carbonyl (C=O) groups is 1. The second-order valence-electron chi connectivity index (χ2n) is 5.93. The number of hydrazone groups is 1. The van der Waals surface area contributed by atoms with Crippen LogP contribution in [-0.2, 0) is 4.74 Å². The molecule has 2 heterocycles. The van der Waals surface area contributed by atoms with Gasteiger partial charge in [0.15, 0.2) is 5.60 Å². The predicted molar refractivity (Wildman–Crippen MR) is 76.8 cm³/mol. The molecule has 0 aliphatic carbocycles. The first-order chi connectivity index (χ1) is 11.7. The molecule has 25 heavy (non-hydrogen) atoms. The van der Waals surface area contributed by atoms with Crippen molar-refractivity contribution in [2.45, 2.75) is 24.2 Å². The Balaban J connectivity index is 1.75. The van der Waals surface area contributed by atoms with E-state index in [0.717, 1.165) is 29.2 Å². The van der Waals surface area contributed by atoms with E-state index in [1.165, 1.54) is 6.21 Å². The highest BCUT2D eigenvalue weighted by molar-refractivity contribution is 5.79. The van der Waals surface area contributed by atoms with Crippen LogP contribution in [-0.4, -0.2) is 54.1 Å². The zero-order chi connectivity index (χ0) is 18.4. The summed E-state index contributed by atoms with van der Waals surface area (Å²) >= 11 is 0. The van der Waals surface area contributed by atoms with Crippen LogP contribution in [0.1, 0.15) is 18.0 Å². The monoisotopic (exact) mass is 363 g/mol. The van der Waals surface area contributed by atoms with Gasteiger partial charge < -0.3 is 9.64 Å². The molecule has 2 amide bonds. The number of amides is 2. The fourth-order valence-corrected chi connectivity index (χ4v) is 2.92. The Bertz CT molecular complexity index is 695. The largest absolute Gasteiger partial charge is 0.420 e. The quantitative estimate of drug-likeness (QED) is 0.758. The summed E-state index contributed by atoms with van der Waals surface area (Å²) in [5, 5.41) is 4.78. The van der Waals surface area contributed by atoms with Crippen LogP contribution in [0.3, 0.4) is 0 Å². The minimum atomic E-state index is -4.61. The number of benzene rings is 1. The first-order valence-corrected chi connectivity index (χ1v) is 7.35. The number of rotatable bonds is 2. The fraction of sp³-hybridized carbons (Fsp3) is 0.467. The summed E-state index contributed by atoms with van der Waals surface area (Å²) in [6, 6.07) is 1.26. The summed E-state index contributed by atoms with van der Waals surface area (Å²) < 4.78 is 70.4. The Hall–Kier alpha value is -2.23. The van der Waals surface area contributed by atoms with E-state index >= 15 is 0 Å². The van der Waals surface area contributed by atoms with Crippen LogP contribution in [0, 0.1) is 11.6 Å². The SMILES string of the molecule is COC1(C(F)(F)F)CN(C(=O)N2N=CCC2c2cc(F)cc(F)c2)C1. The molecule has 0 bridgehead atoms. The molecule has 1 aromatic carbocycles. The van der Waals surface area contributed by atoms with E-state index in [2.05, 4.69) is 9.84 Å². The molecule has 0 spiro atoms. The zero-order valence-electron chi connectivity index (χ0n) is 13.1. The van der Waals surface area contributed by atoms with Crippen molar-refractivity contribution in [2.24, 2.45) is 5.10 Å². The summed E-state index contributed by atoms with van der Waals surface area (Å²) in [5.74, 6) is -1.62. The number of ether oxygens (including phenoxy) is 1. The summed E-state index contributed by atoms with van der Waals surface area (Å²) in [4.78, 5) is 13.4. The van der Waals surface area contributed by atoms with Gasteiger partial charge in [-0.1, -0.05) is 0 Å². The number of methoxy groups -OCH3 is 1. The van der Waals surface area contributed by atoms with Gasteiger partial charge in [-0.05, 0) is 17.7 Å². The smallest absolute Gasteiger partial charge is 0.365 e. The molecule has 1 unspecified atom stereocenters. The van der Waals surface area contributed by atoms with Gasteiger partial charge in [-0.25, -0.2) is 18.6 Å². The van der Waals surface area contributed by atoms with E-state index in [1.54, 1.807) is 0 Å². The van der Waals surface area contributed by atoms with Crippen molar-refractivity contribution < 1.29 is 31.5 Å². The van der Waals surface area contributed by atoms with Crippen molar-refractivity contribution in [3.8, 4) is 0 Å². The lowest BCUT2D eigenvalue weighted by Crippen LogP contribution is -2.72. The van der Waals surface area contributed by atoms with Crippen molar-refractivity contribution in [2.75, 3.05) is 20.2 Å². The molecular formula is C15H14F5N3O2. The highest BCUT2D eigenvalue weighted by Gasteiger charge is 2.64. The molecule has 0 radical (unpaired) electrons. The molecule has 5 nitrogen and oxygen atoms in total. The minimum Gasteiger partial charge on any atom is -0.365 e. The molecule has 0 saturated carbocycles. The third-order valence-electron chi connectivity index (χ3n) is 4.37. The lowest BCUT2D eigenvalue weighted by molar-refractivity contribution is -0.304. The van der Waals surface area contributed by atoms with Crippen molar-refractivity contribution in [3.05, 3.63) is 35.4 Å². The summed E-state index contributed by atoms with van der Waals surface area (Å²) in [6.45, 7) is -1.33. The number of hydrogen-bond donors (Lipinski definition) is 0. The number of nitrogens with zero attached hydrogens (tertiary/aromatic N) is 3. The van der Waals surface area contributed by atoms with Crippen LogP contribution >= 0.6 is 0 Å². The third kappa shape index (κ3) is 2.94. The Morgan fingerprint density at radius 2 is 1.84 bits per heavy atom. The number of alkyl halides is 3. The molecule has 0 aromatic heterocycles. The molecule has 2 aliphatic heterocycles. The van der Waals surface area contributed by atoms with Crippen molar-refractivity contribution >= 4 is 12.2 Å². The molecule has 136 valence electrons. The average Bonchev–Trinajstić information content (AvgIpc) is 2.93. The van der Waals surface area contributed by atoms with Crippen LogP contribution < -0.4 is 0 Å². The minimum absolute atomic E-state index is 0.178. The van der Waals surface area contributed by atoms with Gasteiger partial charge in [-0.2, -0.15) is 18.3 Å². The van der Waals surface area contributed by atoms with Crippen LogP contribution in [0.2, 0.25) is 0 Å². The van der Waals surface area contributed by atoms with Gasteiger partial charge in [-0.3, -0.25) is 0 Å². The lowest BCUT2D eigenvalue weighted by Gasteiger charge is -2.49. The molecule has 2 aliphatic rings. The molecule has 10 heteroatoms. The second-order valence-corrected chi connectivity index (χ2v) is 5.93. The van der Waals surface area contributed by atoms with Gasteiger partial charge in [0.05, 0.1) is 19.1 Å². The van der Waals surface area contributed by atoms with E-state index in [0.29, 0.717) is 6.07 Å². The first-order valence-electron chi connectivity index (χ1n) is 7.35. The van der Waals surface area contributed by atoms with Gasteiger partial charge in [0.1, 0.15) is 11.6 Å². The third-order valence-corrected chi connectivity index (χ3v) is 4.37. The topological polar surface area (TPSA) is 45.1 Å². The van der Waals surface area contributed by atoms with E-state index in [-0.39, 0.29) is 12.0 Å². The molecule has 1 atom stereocenters. The summed E-state index contributed by atoms with van der Waals surface area (Å²) in [6.07, 6.45) is -3.03. The zero-order valence-corrected chi connectivity index (χ0v) is 13.1. The molecule has 1 fully saturated rings. The van der Waals surface area contributed by atoms with Crippen LogP contribution in [0.5, 0.6) is 0 Å². The van der Waals surface area contributed by atoms with Gasteiger partial charge in [-0.15, -0.1) is 0 Å². The van der Waals surface area contributed by atoms with E-state index < -0.39 is 48.6 Å². The van der Waals surface area contributed by atoms with Gasteiger partial charge in [0.25, 0.3) is 0 Å². The number of likely N-dealkylation sites (tertiary alicyclic amines) is 1. The molecule has 1 saturated heterocycles. The standard InChI is InChI=1S/C15H14F5N3O2/c1-25-14(15(18,19)20)7-22(8-14)13(24)23-12(2-3-21-23)9-4-10(16)6-11(17)5-9/h3-6,12H,2,7-8H2,1H3. The number of halogens is 5. The summed E-state index contributed by atoms with van der Waals surface area (Å²) in [5.41, 5.74) is -2.22. The van der Waals surface area contributed by atoms with Crippen LogP contribution in [0.15, 0.2) is 23.3 Å². The van der Waals surface area contributed by atoms with Gasteiger partial charge in [0.2, 0.25) is 0 Å². The average molecular weight is 363 g/mol. The van der Waals surface area contributed by atoms with E-state index in [4.69, 9.17) is 0 Å². The first kappa shape index (κ1) is 17.6. The normalized spacial score (nSPS) is 22.2. The Morgan fingerprint density at radius 3 is 2.36 bits per heavy atom. The Kier molecular flexibility index (Phi) is 4.18. The van der Waals surface area contributed by atoms with Gasteiger partial charge in [0, 0.05) is 25.8 Å². The second kappa shape index (κ2) is 5.94. The Morgan fingerprint density at radius 1 is 1.24 bits per heavy atom. The molecular weight excluding hydrogens is 349 g/mol. The fourth-order valence-electron chi connectivity index (χ4n) is 2.92. The van der Waals surface area contributed by atoms with Crippen LogP contribution in [0.4, 0.5) is 26.7 Å². The maximum atomic E-state index is 13.4. The lowest BCUT2D eigenvalue weighted by atomic mass is 9.93. The predicted octanol–water partition coefficient (Wildman–Crippen LogP) is 3.08. The highest BCUT2D eigenvalue weighted by Crippen LogP contribution is 2.42. The van der Waals surface area contributed by atoms with Crippen molar-refractivity contribution in [1.29, 1.82) is 0 Å². The van der Waals surface area contributed by atoms with Crippen molar-refractivity contribution in [1.82, 2.24) is 9.91 Å². The maximum Gasteiger partial charge on any atom is 0.420 e. The number of hydrogen-bond acceptors (Lipinski definition) is 3. The molecule has 0 N–H and O–H groups in total. The highest BCUT2D eigenvalue weighted by atomic mass is 19.4. The Labute approximate surface area is 139 Å². The van der Waals surface area contributed by atoms with E-state index in [1.807, 2.05) is 0 Å². The van der Waals surface area contributed by atoms with E-state index in [9.17, 15) is 26.7 Å². The molecule has 1 aromatic rings. The number of urea groups is 1. The van der Waals surface area contributed by atoms with Crippen molar-refractivity contribution in [3.63, 3.8) is 0 Å². The van der Waals surface area contributed by atoms with Gasteiger partial charge >= 0.3 is 12.2 Å². The maximum absolute atomic E-state index is 13.4. The van der Waals surface area contributed by atoms with Crippen LogP contribution in [0.25, 0.3) is 0 Å². The number of carbonyl (C=O) groups excluding carboxylic acids is 1. The molecule has 3 rings (SSSR count).